The molecule has 21 heavy (non-hydrogen) atoms. The maximum Gasteiger partial charge on any atom is 0.308 e. The Hall–Kier alpha value is -2.43. The second-order valence-corrected chi connectivity index (χ2v) is 5.34. The van der Waals surface area contributed by atoms with Gasteiger partial charge in [0, 0.05) is 11.4 Å². The van der Waals surface area contributed by atoms with E-state index < -0.39 is 11.9 Å². The van der Waals surface area contributed by atoms with Crippen LogP contribution in [0.4, 0.5) is 0 Å². The number of para-hydroxylation sites is 1. The smallest absolute Gasteiger partial charge is 0.308 e. The van der Waals surface area contributed by atoms with E-state index in [0.717, 1.165) is 17.3 Å². The Balaban J connectivity index is 1.79. The molecule has 3 rings (SSSR count). The minimum atomic E-state index is -0.843. The molecule has 1 saturated carbocycles. The molecule has 2 atom stereocenters. The predicted molar refractivity (Wildman–Crippen MR) is 78.0 cm³/mol. The first kappa shape index (κ1) is 13.5. The molecule has 108 valence electrons. The molecule has 0 spiro atoms. The highest BCUT2D eigenvalue weighted by Gasteiger charge is 2.34. The molecule has 2 aromatic rings. The molecule has 1 amide bonds. The summed E-state index contributed by atoms with van der Waals surface area (Å²) in [4.78, 5) is 27.7. The number of fused-ring (bicyclic) bond motifs is 1. The molecule has 5 heteroatoms. The van der Waals surface area contributed by atoms with Crippen molar-refractivity contribution in [2.75, 3.05) is 0 Å². The number of amides is 1. The lowest BCUT2D eigenvalue weighted by molar-refractivity contribution is -0.142. The lowest BCUT2D eigenvalue weighted by Crippen LogP contribution is -2.40. The average Bonchev–Trinajstić information content (AvgIpc) is 2.95. The van der Waals surface area contributed by atoms with Crippen LogP contribution in [0.15, 0.2) is 36.4 Å². The molecular weight excluding hydrogens is 268 g/mol. The van der Waals surface area contributed by atoms with E-state index in [1.807, 2.05) is 30.3 Å². The van der Waals surface area contributed by atoms with Crippen LogP contribution in [0, 0.1) is 5.92 Å². The highest BCUT2D eigenvalue weighted by Crippen LogP contribution is 2.26. The minimum absolute atomic E-state index is 0.303. The molecule has 1 aliphatic carbocycles. The molecule has 0 bridgehead atoms. The molecule has 0 aliphatic heterocycles. The number of aromatic nitrogens is 1. The van der Waals surface area contributed by atoms with Crippen LogP contribution < -0.4 is 5.32 Å². The van der Waals surface area contributed by atoms with Crippen molar-refractivity contribution in [2.45, 2.75) is 25.3 Å². The molecule has 0 radical (unpaired) electrons. The van der Waals surface area contributed by atoms with Crippen LogP contribution in [-0.2, 0) is 4.79 Å². The molecule has 1 fully saturated rings. The summed E-state index contributed by atoms with van der Waals surface area (Å²) in [6.07, 6.45) is 2.15. The molecular formula is C16H16N2O3. The van der Waals surface area contributed by atoms with Gasteiger partial charge in [-0.15, -0.1) is 0 Å². The normalized spacial score (nSPS) is 21.3. The summed E-state index contributed by atoms with van der Waals surface area (Å²) in [6, 6.07) is 10.8. The Morgan fingerprint density at radius 3 is 2.76 bits per heavy atom. The van der Waals surface area contributed by atoms with Gasteiger partial charge in [-0.1, -0.05) is 30.7 Å². The van der Waals surface area contributed by atoms with Gasteiger partial charge in [-0.2, -0.15) is 0 Å². The van der Waals surface area contributed by atoms with Crippen LogP contribution in [0.3, 0.4) is 0 Å². The van der Waals surface area contributed by atoms with E-state index in [2.05, 4.69) is 10.3 Å². The van der Waals surface area contributed by atoms with Crippen molar-refractivity contribution in [2.24, 2.45) is 5.92 Å². The third-order valence-corrected chi connectivity index (χ3v) is 3.98. The quantitative estimate of drug-likeness (QED) is 0.905. The number of nitrogens with zero attached hydrogens (tertiary/aromatic N) is 1. The molecule has 5 nitrogen and oxygen atoms in total. The number of carbonyl (C=O) groups excluding carboxylic acids is 1. The van der Waals surface area contributed by atoms with E-state index in [0.29, 0.717) is 18.5 Å². The van der Waals surface area contributed by atoms with Gasteiger partial charge in [0.05, 0.1) is 11.4 Å². The molecule has 1 heterocycles. The van der Waals surface area contributed by atoms with Crippen molar-refractivity contribution < 1.29 is 14.7 Å². The molecule has 0 saturated heterocycles. The fourth-order valence-corrected chi connectivity index (χ4v) is 2.86. The summed E-state index contributed by atoms with van der Waals surface area (Å²) in [5.74, 6) is -1.64. The fourth-order valence-electron chi connectivity index (χ4n) is 2.86. The standard InChI is InChI=1S/C16H16N2O3/c19-15(18-13-7-3-5-11(13)16(20)21)14-9-8-10-4-1-2-6-12(10)17-14/h1-2,4,6,8-9,11,13H,3,5,7H2,(H,18,19)(H,20,21)/t11-,13+/m1/s1. The highest BCUT2D eigenvalue weighted by molar-refractivity contribution is 5.95. The van der Waals surface area contributed by atoms with Gasteiger partial charge in [0.1, 0.15) is 5.69 Å². The number of rotatable bonds is 3. The number of hydrogen-bond donors (Lipinski definition) is 2. The van der Waals surface area contributed by atoms with E-state index in [1.54, 1.807) is 6.07 Å². The summed E-state index contributed by atoms with van der Waals surface area (Å²) >= 11 is 0. The number of carboxylic acid groups (broad SMARTS) is 1. The summed E-state index contributed by atoms with van der Waals surface area (Å²) in [7, 11) is 0. The van der Waals surface area contributed by atoms with Gasteiger partial charge >= 0.3 is 5.97 Å². The number of carboxylic acids is 1. The van der Waals surface area contributed by atoms with Crippen molar-refractivity contribution >= 4 is 22.8 Å². The monoisotopic (exact) mass is 284 g/mol. The first-order valence-corrected chi connectivity index (χ1v) is 7.04. The predicted octanol–water partition coefficient (Wildman–Crippen LogP) is 2.22. The van der Waals surface area contributed by atoms with Gasteiger partial charge < -0.3 is 10.4 Å². The number of aliphatic carboxylic acids is 1. The van der Waals surface area contributed by atoms with Crippen molar-refractivity contribution in [3.8, 4) is 0 Å². The Morgan fingerprint density at radius 1 is 1.14 bits per heavy atom. The second-order valence-electron chi connectivity index (χ2n) is 5.34. The first-order chi connectivity index (χ1) is 10.1. The lowest BCUT2D eigenvalue weighted by Gasteiger charge is -2.17. The van der Waals surface area contributed by atoms with E-state index in [4.69, 9.17) is 5.11 Å². The van der Waals surface area contributed by atoms with Crippen molar-refractivity contribution in [3.63, 3.8) is 0 Å². The SMILES string of the molecule is O=C(N[C@H]1CCC[C@H]1C(=O)O)c1ccc2ccccc2n1. The number of pyridine rings is 1. The van der Waals surface area contributed by atoms with Crippen LogP contribution in [0.5, 0.6) is 0 Å². The van der Waals surface area contributed by atoms with Crippen molar-refractivity contribution in [1.29, 1.82) is 0 Å². The Morgan fingerprint density at radius 2 is 1.95 bits per heavy atom. The zero-order valence-electron chi connectivity index (χ0n) is 11.5. The Kier molecular flexibility index (Phi) is 3.56. The topological polar surface area (TPSA) is 79.3 Å². The van der Waals surface area contributed by atoms with Crippen molar-refractivity contribution in [1.82, 2.24) is 10.3 Å². The maximum absolute atomic E-state index is 12.2. The van der Waals surface area contributed by atoms with Gasteiger partial charge in [0.25, 0.3) is 5.91 Å². The van der Waals surface area contributed by atoms with Crippen LogP contribution >= 0.6 is 0 Å². The lowest BCUT2D eigenvalue weighted by atomic mass is 10.0. The molecule has 1 aliphatic rings. The fraction of sp³-hybridized carbons (Fsp3) is 0.312. The number of carbonyl (C=O) groups is 2. The zero-order valence-corrected chi connectivity index (χ0v) is 11.5. The van der Waals surface area contributed by atoms with Gasteiger partial charge in [-0.25, -0.2) is 4.98 Å². The maximum atomic E-state index is 12.2. The zero-order chi connectivity index (χ0) is 14.8. The molecule has 1 aromatic heterocycles. The number of nitrogens with one attached hydrogen (secondary N) is 1. The molecule has 1 aromatic carbocycles. The minimum Gasteiger partial charge on any atom is -0.481 e. The summed E-state index contributed by atoms with van der Waals surface area (Å²) in [5, 5.41) is 12.9. The van der Waals surface area contributed by atoms with Gasteiger partial charge in [0.15, 0.2) is 0 Å². The largest absolute Gasteiger partial charge is 0.481 e. The third kappa shape index (κ3) is 2.72. The van der Waals surface area contributed by atoms with Crippen molar-refractivity contribution in [3.05, 3.63) is 42.1 Å². The number of hydrogen-bond acceptors (Lipinski definition) is 3. The summed E-state index contributed by atoms with van der Waals surface area (Å²) in [5.41, 5.74) is 1.08. The van der Waals surface area contributed by atoms with E-state index >= 15 is 0 Å². The molecule has 2 N–H and O–H groups in total. The van der Waals surface area contributed by atoms with E-state index in [1.165, 1.54) is 0 Å². The van der Waals surface area contributed by atoms with Gasteiger partial charge in [0.2, 0.25) is 0 Å². The van der Waals surface area contributed by atoms with E-state index in [-0.39, 0.29) is 11.9 Å². The van der Waals surface area contributed by atoms with Gasteiger partial charge in [-0.3, -0.25) is 9.59 Å². The van der Waals surface area contributed by atoms with Crippen LogP contribution in [-0.4, -0.2) is 28.0 Å². The molecule has 0 unspecified atom stereocenters. The summed E-state index contributed by atoms with van der Waals surface area (Å²) in [6.45, 7) is 0. The first-order valence-electron chi connectivity index (χ1n) is 7.04. The average molecular weight is 284 g/mol. The van der Waals surface area contributed by atoms with Crippen LogP contribution in [0.1, 0.15) is 29.8 Å². The Bertz CT molecular complexity index is 699. The van der Waals surface area contributed by atoms with Crippen LogP contribution in [0.2, 0.25) is 0 Å². The summed E-state index contributed by atoms with van der Waals surface area (Å²) < 4.78 is 0. The van der Waals surface area contributed by atoms with Gasteiger partial charge in [-0.05, 0) is 25.0 Å². The Labute approximate surface area is 122 Å². The van der Waals surface area contributed by atoms with Crippen LogP contribution in [0.25, 0.3) is 10.9 Å². The number of benzene rings is 1. The highest BCUT2D eigenvalue weighted by atomic mass is 16.4. The van der Waals surface area contributed by atoms with E-state index in [9.17, 15) is 9.59 Å². The second kappa shape index (κ2) is 5.52. The third-order valence-electron chi connectivity index (χ3n) is 3.98.